The first-order chi connectivity index (χ1) is 10.3. The van der Waals surface area contributed by atoms with Gasteiger partial charge < -0.3 is 14.8 Å². The highest BCUT2D eigenvalue weighted by atomic mass is 32.1. The molecule has 1 aromatic carbocycles. The number of amides is 1. The van der Waals surface area contributed by atoms with Crippen LogP contribution in [-0.2, 0) is 11.2 Å². The Bertz CT molecular complexity index is 650. The summed E-state index contributed by atoms with van der Waals surface area (Å²) in [6.45, 7) is 0.895. The Hall–Kier alpha value is -2.27. The topological polar surface area (TPSA) is 47.6 Å². The monoisotopic (exact) mass is 301 g/mol. The van der Waals surface area contributed by atoms with Crippen LogP contribution in [0.25, 0.3) is 6.08 Å². The molecule has 1 aliphatic rings. The molecule has 2 heterocycles. The Morgan fingerprint density at radius 1 is 1.29 bits per heavy atom. The van der Waals surface area contributed by atoms with E-state index < -0.39 is 0 Å². The number of hydrogen-bond acceptors (Lipinski definition) is 4. The van der Waals surface area contributed by atoms with Crippen molar-refractivity contribution in [3.05, 3.63) is 52.2 Å². The number of benzene rings is 1. The first-order valence-electron chi connectivity index (χ1n) is 6.68. The van der Waals surface area contributed by atoms with E-state index in [0.717, 1.165) is 23.5 Å². The lowest BCUT2D eigenvalue weighted by Crippen LogP contribution is -2.23. The molecule has 4 nitrogen and oxygen atoms in total. The van der Waals surface area contributed by atoms with Crippen LogP contribution in [0.5, 0.6) is 11.5 Å². The third-order valence-electron chi connectivity index (χ3n) is 3.12. The van der Waals surface area contributed by atoms with Crippen LogP contribution in [-0.4, -0.2) is 19.2 Å². The van der Waals surface area contributed by atoms with E-state index >= 15 is 0 Å². The quantitative estimate of drug-likeness (QED) is 0.864. The largest absolute Gasteiger partial charge is 0.454 e. The van der Waals surface area contributed by atoms with Gasteiger partial charge in [0.05, 0.1) is 0 Å². The van der Waals surface area contributed by atoms with Gasteiger partial charge in [-0.2, -0.15) is 11.3 Å². The van der Waals surface area contributed by atoms with Crippen molar-refractivity contribution in [2.24, 2.45) is 0 Å². The SMILES string of the molecule is O=C(/C=C/c1ccc2c(c1)OCO2)NCCc1ccsc1. The first-order valence-corrected chi connectivity index (χ1v) is 7.62. The lowest BCUT2D eigenvalue weighted by atomic mass is 10.2. The predicted octanol–water partition coefficient (Wildman–Crippen LogP) is 2.85. The molecule has 1 amide bonds. The average molecular weight is 301 g/mol. The number of carbonyl (C=O) groups is 1. The van der Waals surface area contributed by atoms with E-state index in [4.69, 9.17) is 9.47 Å². The van der Waals surface area contributed by atoms with E-state index in [2.05, 4.69) is 16.8 Å². The van der Waals surface area contributed by atoms with Gasteiger partial charge in [-0.05, 0) is 52.6 Å². The maximum Gasteiger partial charge on any atom is 0.244 e. The van der Waals surface area contributed by atoms with Crippen molar-refractivity contribution in [3.8, 4) is 11.5 Å². The predicted molar refractivity (Wildman–Crippen MR) is 82.6 cm³/mol. The number of rotatable bonds is 5. The van der Waals surface area contributed by atoms with Crippen molar-refractivity contribution in [1.29, 1.82) is 0 Å². The summed E-state index contributed by atoms with van der Waals surface area (Å²) < 4.78 is 10.5. The van der Waals surface area contributed by atoms with E-state index in [9.17, 15) is 4.79 Å². The molecular formula is C16H15NO3S. The Kier molecular flexibility index (Phi) is 4.21. The fourth-order valence-electron chi connectivity index (χ4n) is 2.01. The molecule has 2 aromatic rings. The summed E-state index contributed by atoms with van der Waals surface area (Å²) in [5.41, 5.74) is 2.16. The third kappa shape index (κ3) is 3.64. The van der Waals surface area contributed by atoms with Gasteiger partial charge in [-0.1, -0.05) is 6.07 Å². The molecule has 21 heavy (non-hydrogen) atoms. The molecule has 0 fully saturated rings. The zero-order valence-electron chi connectivity index (χ0n) is 11.4. The van der Waals surface area contributed by atoms with Crippen LogP contribution >= 0.6 is 11.3 Å². The van der Waals surface area contributed by atoms with Crippen LogP contribution in [0.1, 0.15) is 11.1 Å². The van der Waals surface area contributed by atoms with E-state index in [1.165, 1.54) is 11.6 Å². The third-order valence-corrected chi connectivity index (χ3v) is 3.85. The van der Waals surface area contributed by atoms with E-state index in [1.54, 1.807) is 17.4 Å². The second kappa shape index (κ2) is 6.45. The summed E-state index contributed by atoms with van der Waals surface area (Å²) in [7, 11) is 0. The van der Waals surface area contributed by atoms with Gasteiger partial charge in [0.1, 0.15) is 0 Å². The van der Waals surface area contributed by atoms with Crippen LogP contribution in [0.4, 0.5) is 0 Å². The molecule has 0 unspecified atom stereocenters. The lowest BCUT2D eigenvalue weighted by molar-refractivity contribution is -0.116. The van der Waals surface area contributed by atoms with Crippen LogP contribution in [0.3, 0.4) is 0 Å². The van der Waals surface area contributed by atoms with E-state index in [1.807, 2.05) is 23.6 Å². The van der Waals surface area contributed by atoms with Crippen molar-refractivity contribution in [3.63, 3.8) is 0 Å². The van der Waals surface area contributed by atoms with Gasteiger partial charge in [0.15, 0.2) is 11.5 Å². The summed E-state index contributed by atoms with van der Waals surface area (Å²) in [6, 6.07) is 7.66. The highest BCUT2D eigenvalue weighted by Gasteiger charge is 2.12. The van der Waals surface area contributed by atoms with E-state index in [-0.39, 0.29) is 12.7 Å². The molecule has 0 saturated carbocycles. The Labute approximate surface area is 127 Å². The molecule has 0 aliphatic carbocycles. The normalized spacial score (nSPS) is 12.8. The highest BCUT2D eigenvalue weighted by molar-refractivity contribution is 7.07. The number of ether oxygens (including phenoxy) is 2. The summed E-state index contributed by atoms with van der Waals surface area (Å²) in [4.78, 5) is 11.7. The van der Waals surface area contributed by atoms with Crippen LogP contribution < -0.4 is 14.8 Å². The number of hydrogen-bond donors (Lipinski definition) is 1. The molecule has 0 atom stereocenters. The fourth-order valence-corrected chi connectivity index (χ4v) is 2.72. The van der Waals surface area contributed by atoms with Crippen molar-refractivity contribution in [1.82, 2.24) is 5.32 Å². The molecule has 0 radical (unpaired) electrons. The minimum absolute atomic E-state index is 0.0945. The minimum atomic E-state index is -0.0945. The van der Waals surface area contributed by atoms with Crippen molar-refractivity contribution >= 4 is 23.3 Å². The second-order valence-corrected chi connectivity index (χ2v) is 5.40. The van der Waals surface area contributed by atoms with Gasteiger partial charge in [0.2, 0.25) is 12.7 Å². The Morgan fingerprint density at radius 2 is 2.19 bits per heavy atom. The Morgan fingerprint density at radius 3 is 3.05 bits per heavy atom. The number of thiophene rings is 1. The molecule has 0 saturated heterocycles. The second-order valence-electron chi connectivity index (χ2n) is 4.62. The molecule has 1 aromatic heterocycles. The molecule has 0 spiro atoms. The average Bonchev–Trinajstić information content (AvgIpc) is 3.15. The molecular weight excluding hydrogens is 286 g/mol. The lowest BCUT2D eigenvalue weighted by Gasteiger charge is -2.01. The minimum Gasteiger partial charge on any atom is -0.454 e. The molecule has 5 heteroatoms. The highest BCUT2D eigenvalue weighted by Crippen LogP contribution is 2.32. The first kappa shape index (κ1) is 13.7. The zero-order valence-corrected chi connectivity index (χ0v) is 12.2. The van der Waals surface area contributed by atoms with Crippen molar-refractivity contribution in [2.75, 3.05) is 13.3 Å². The summed E-state index contributed by atoms with van der Waals surface area (Å²) >= 11 is 1.67. The molecule has 1 aliphatic heterocycles. The number of nitrogens with one attached hydrogen (secondary N) is 1. The number of carbonyl (C=O) groups excluding carboxylic acids is 1. The Balaban J connectivity index is 1.50. The van der Waals surface area contributed by atoms with Crippen LogP contribution in [0, 0.1) is 0 Å². The molecule has 108 valence electrons. The van der Waals surface area contributed by atoms with E-state index in [0.29, 0.717) is 6.54 Å². The zero-order chi connectivity index (χ0) is 14.5. The van der Waals surface area contributed by atoms with Crippen LogP contribution in [0.2, 0.25) is 0 Å². The molecule has 0 bridgehead atoms. The summed E-state index contributed by atoms with van der Waals surface area (Å²) in [5.74, 6) is 1.37. The van der Waals surface area contributed by atoms with Crippen molar-refractivity contribution < 1.29 is 14.3 Å². The van der Waals surface area contributed by atoms with Gasteiger partial charge in [0, 0.05) is 12.6 Å². The maximum atomic E-state index is 11.7. The number of fused-ring (bicyclic) bond motifs is 1. The van der Waals surface area contributed by atoms with Gasteiger partial charge in [-0.3, -0.25) is 4.79 Å². The molecule has 3 rings (SSSR count). The molecule has 1 N–H and O–H groups in total. The standard InChI is InChI=1S/C16H15NO3S/c18-16(17-7-5-13-6-8-21-10-13)4-2-12-1-3-14-15(9-12)20-11-19-14/h1-4,6,8-10H,5,7,11H2,(H,17,18)/b4-2+. The summed E-state index contributed by atoms with van der Waals surface area (Å²) in [5, 5.41) is 7.00. The van der Waals surface area contributed by atoms with Gasteiger partial charge >= 0.3 is 0 Å². The van der Waals surface area contributed by atoms with Crippen LogP contribution in [0.15, 0.2) is 41.1 Å². The van der Waals surface area contributed by atoms with Gasteiger partial charge in [-0.15, -0.1) is 0 Å². The van der Waals surface area contributed by atoms with Crippen molar-refractivity contribution in [2.45, 2.75) is 6.42 Å². The smallest absolute Gasteiger partial charge is 0.244 e. The van der Waals surface area contributed by atoms with Gasteiger partial charge in [0.25, 0.3) is 0 Å². The maximum absolute atomic E-state index is 11.7. The fraction of sp³-hybridized carbons (Fsp3) is 0.188. The van der Waals surface area contributed by atoms with Gasteiger partial charge in [-0.25, -0.2) is 0 Å². The summed E-state index contributed by atoms with van der Waals surface area (Å²) in [6.07, 6.45) is 4.15.